The lowest BCUT2D eigenvalue weighted by Gasteiger charge is -2.37. The molecule has 0 unspecified atom stereocenters. The minimum Gasteiger partial charge on any atom is -0.368 e. The lowest BCUT2D eigenvalue weighted by atomic mass is 10.1. The van der Waals surface area contributed by atoms with Gasteiger partial charge in [0.2, 0.25) is 0 Å². The van der Waals surface area contributed by atoms with E-state index in [1.807, 2.05) is 11.8 Å². The van der Waals surface area contributed by atoms with Crippen LogP contribution >= 0.6 is 11.8 Å². The van der Waals surface area contributed by atoms with Crippen molar-refractivity contribution in [3.05, 3.63) is 65.7 Å². The quantitative estimate of drug-likeness (QED) is 0.837. The summed E-state index contributed by atoms with van der Waals surface area (Å²) in [5, 5.41) is 1.84. The molecule has 2 aromatic carbocycles. The zero-order valence-corrected chi connectivity index (χ0v) is 15.6. The first kappa shape index (κ1) is 16.5. The lowest BCUT2D eigenvalue weighted by Crippen LogP contribution is -2.47. The Hall–Kier alpha value is -1.94. The highest BCUT2D eigenvalue weighted by Gasteiger charge is 2.26. The minimum atomic E-state index is 0.587. The van der Waals surface area contributed by atoms with E-state index in [2.05, 4.69) is 71.3 Å². The molecule has 1 atom stereocenters. The number of anilines is 1. The molecule has 0 bridgehead atoms. The number of aryl methyl sites for hydroxylation is 1. The van der Waals surface area contributed by atoms with Crippen molar-refractivity contribution in [2.24, 2.45) is 4.99 Å². The number of aliphatic imine (C=N–C) groups is 1. The third kappa shape index (κ3) is 4.01. The number of nitrogens with zero attached hydrogens (tertiary/aromatic N) is 3. The first-order valence-corrected chi connectivity index (χ1v) is 9.97. The number of rotatable bonds is 3. The molecule has 1 fully saturated rings. The van der Waals surface area contributed by atoms with Gasteiger partial charge in [0.05, 0.1) is 6.54 Å². The van der Waals surface area contributed by atoms with E-state index in [1.165, 1.54) is 22.0 Å². The van der Waals surface area contributed by atoms with Crippen LogP contribution in [0.3, 0.4) is 0 Å². The van der Waals surface area contributed by atoms with Crippen molar-refractivity contribution in [2.45, 2.75) is 18.6 Å². The van der Waals surface area contributed by atoms with E-state index in [9.17, 15) is 0 Å². The van der Waals surface area contributed by atoms with E-state index in [4.69, 9.17) is 4.99 Å². The smallest absolute Gasteiger partial charge is 0.159 e. The standard InChI is InChI=1S/C21H25N3S/c1-17-6-5-7-18(14-17)15-20-16-22-21(25-20)24-12-10-23(11-13-24)19-8-3-2-4-9-19/h2-9,14,20H,10-13,15-16H2,1H3/t20-/m0/s1. The molecule has 0 saturated carbocycles. The summed E-state index contributed by atoms with van der Waals surface area (Å²) in [6.07, 6.45) is 1.11. The molecule has 2 heterocycles. The summed E-state index contributed by atoms with van der Waals surface area (Å²) < 4.78 is 0. The molecule has 0 amide bonds. The molecular formula is C21H25N3S. The Balaban J connectivity index is 1.29. The number of thioether (sulfide) groups is 1. The van der Waals surface area contributed by atoms with Crippen molar-refractivity contribution in [1.82, 2.24) is 4.90 Å². The summed E-state index contributed by atoms with van der Waals surface area (Å²) in [7, 11) is 0. The van der Waals surface area contributed by atoms with Gasteiger partial charge in [-0.25, -0.2) is 0 Å². The van der Waals surface area contributed by atoms with Crippen LogP contribution in [0.25, 0.3) is 0 Å². The molecule has 130 valence electrons. The van der Waals surface area contributed by atoms with Crippen molar-refractivity contribution in [3.63, 3.8) is 0 Å². The van der Waals surface area contributed by atoms with Gasteiger partial charge in [-0.05, 0) is 31.0 Å². The van der Waals surface area contributed by atoms with Gasteiger partial charge in [-0.1, -0.05) is 59.8 Å². The molecule has 0 N–H and O–H groups in total. The third-order valence-corrected chi connectivity index (χ3v) is 6.17. The molecule has 1 saturated heterocycles. The normalized spacial score (nSPS) is 20.7. The number of piperazine rings is 1. The van der Waals surface area contributed by atoms with E-state index >= 15 is 0 Å². The van der Waals surface area contributed by atoms with Gasteiger partial charge in [0.1, 0.15) is 0 Å². The van der Waals surface area contributed by atoms with Crippen LogP contribution in [0, 0.1) is 6.92 Å². The maximum atomic E-state index is 4.84. The van der Waals surface area contributed by atoms with Gasteiger partial charge in [-0.15, -0.1) is 0 Å². The van der Waals surface area contributed by atoms with Crippen LogP contribution in [0.1, 0.15) is 11.1 Å². The zero-order valence-electron chi connectivity index (χ0n) is 14.8. The fraction of sp³-hybridized carbons (Fsp3) is 0.381. The van der Waals surface area contributed by atoms with Gasteiger partial charge >= 0.3 is 0 Å². The second-order valence-corrected chi connectivity index (χ2v) is 8.13. The van der Waals surface area contributed by atoms with Gasteiger partial charge in [0.15, 0.2) is 5.17 Å². The monoisotopic (exact) mass is 351 g/mol. The number of hydrogen-bond acceptors (Lipinski definition) is 4. The Morgan fingerprint density at radius 1 is 0.960 bits per heavy atom. The van der Waals surface area contributed by atoms with Crippen LogP contribution in [0.5, 0.6) is 0 Å². The third-order valence-electron chi connectivity index (χ3n) is 4.92. The second-order valence-electron chi connectivity index (χ2n) is 6.87. The van der Waals surface area contributed by atoms with E-state index < -0.39 is 0 Å². The molecule has 0 radical (unpaired) electrons. The molecule has 4 rings (SSSR count). The largest absolute Gasteiger partial charge is 0.368 e. The van der Waals surface area contributed by atoms with Gasteiger partial charge in [-0.2, -0.15) is 0 Å². The Morgan fingerprint density at radius 2 is 1.72 bits per heavy atom. The van der Waals surface area contributed by atoms with Crippen molar-refractivity contribution in [3.8, 4) is 0 Å². The highest BCUT2D eigenvalue weighted by molar-refractivity contribution is 8.14. The van der Waals surface area contributed by atoms with Gasteiger partial charge < -0.3 is 9.80 Å². The number of para-hydroxylation sites is 1. The summed E-state index contributed by atoms with van der Waals surface area (Å²) in [6.45, 7) is 7.40. The van der Waals surface area contributed by atoms with E-state index in [0.717, 1.165) is 39.1 Å². The van der Waals surface area contributed by atoms with Crippen LogP contribution in [0.15, 0.2) is 59.6 Å². The van der Waals surface area contributed by atoms with Crippen LogP contribution < -0.4 is 4.90 Å². The summed E-state index contributed by atoms with van der Waals surface area (Å²) in [5.74, 6) is 0. The van der Waals surface area contributed by atoms with Crippen LogP contribution in [0.2, 0.25) is 0 Å². The average molecular weight is 352 g/mol. The maximum absolute atomic E-state index is 4.84. The SMILES string of the molecule is Cc1cccc(C[C@H]2CN=C(N3CCN(c4ccccc4)CC3)S2)c1. The van der Waals surface area contributed by atoms with Crippen molar-refractivity contribution >= 4 is 22.6 Å². The first-order chi connectivity index (χ1) is 12.3. The Bertz CT molecular complexity index is 736. The van der Waals surface area contributed by atoms with E-state index in [-0.39, 0.29) is 0 Å². The van der Waals surface area contributed by atoms with E-state index in [1.54, 1.807) is 0 Å². The number of hydrogen-bond donors (Lipinski definition) is 0. The van der Waals surface area contributed by atoms with Crippen molar-refractivity contribution < 1.29 is 0 Å². The maximum Gasteiger partial charge on any atom is 0.159 e. The van der Waals surface area contributed by atoms with Crippen LogP contribution in [-0.4, -0.2) is 48.0 Å². The first-order valence-electron chi connectivity index (χ1n) is 9.09. The van der Waals surface area contributed by atoms with Gasteiger partial charge in [0, 0.05) is 37.1 Å². The van der Waals surface area contributed by atoms with Gasteiger partial charge in [-0.3, -0.25) is 4.99 Å². The number of amidine groups is 1. The Kier molecular flexibility index (Phi) is 4.97. The second kappa shape index (κ2) is 7.52. The van der Waals surface area contributed by atoms with E-state index in [0.29, 0.717) is 5.25 Å². The number of benzene rings is 2. The summed E-state index contributed by atoms with van der Waals surface area (Å²) in [4.78, 5) is 9.79. The molecule has 25 heavy (non-hydrogen) atoms. The summed E-state index contributed by atoms with van der Waals surface area (Å²) in [6, 6.07) is 19.6. The highest BCUT2D eigenvalue weighted by Crippen LogP contribution is 2.28. The molecule has 3 nitrogen and oxygen atoms in total. The Labute approximate surface area is 154 Å². The highest BCUT2D eigenvalue weighted by atomic mass is 32.2. The molecule has 0 aromatic heterocycles. The summed E-state index contributed by atoms with van der Waals surface area (Å²) in [5.41, 5.74) is 4.11. The van der Waals surface area contributed by atoms with Crippen LogP contribution in [0.4, 0.5) is 5.69 Å². The predicted molar refractivity (Wildman–Crippen MR) is 109 cm³/mol. The predicted octanol–water partition coefficient (Wildman–Crippen LogP) is 3.83. The zero-order chi connectivity index (χ0) is 17.1. The van der Waals surface area contributed by atoms with Crippen molar-refractivity contribution in [1.29, 1.82) is 0 Å². The molecule has 0 spiro atoms. The van der Waals surface area contributed by atoms with Crippen LogP contribution in [-0.2, 0) is 6.42 Å². The molecule has 2 aliphatic rings. The Morgan fingerprint density at radius 3 is 2.48 bits per heavy atom. The van der Waals surface area contributed by atoms with Gasteiger partial charge in [0.25, 0.3) is 0 Å². The average Bonchev–Trinajstić information content (AvgIpc) is 3.11. The molecule has 2 aromatic rings. The molecule has 2 aliphatic heterocycles. The summed E-state index contributed by atoms with van der Waals surface area (Å²) >= 11 is 1.97. The lowest BCUT2D eigenvalue weighted by molar-refractivity contribution is 0.392. The fourth-order valence-electron chi connectivity index (χ4n) is 3.58. The topological polar surface area (TPSA) is 18.8 Å². The molecule has 4 heteroatoms. The minimum absolute atomic E-state index is 0.587. The fourth-order valence-corrected chi connectivity index (χ4v) is 4.78. The molecular weight excluding hydrogens is 326 g/mol. The molecule has 0 aliphatic carbocycles. The van der Waals surface area contributed by atoms with Crippen molar-refractivity contribution in [2.75, 3.05) is 37.6 Å².